The number of benzene rings is 2. The van der Waals surface area contributed by atoms with Gasteiger partial charge in [0.15, 0.2) is 11.5 Å². The van der Waals surface area contributed by atoms with Crippen molar-refractivity contribution >= 4 is 27.4 Å². The second-order valence-electron chi connectivity index (χ2n) is 7.11. The number of non-ortho nitro benzene ring substituents is 1. The minimum atomic E-state index is -3.68. The summed E-state index contributed by atoms with van der Waals surface area (Å²) >= 11 is 0. The summed E-state index contributed by atoms with van der Waals surface area (Å²) in [4.78, 5) is 22.0. The molecular formula is C20H21N3O8S. The second-order valence-corrected chi connectivity index (χ2v) is 8.71. The zero-order valence-corrected chi connectivity index (χ0v) is 18.3. The first-order valence-electron chi connectivity index (χ1n) is 9.43. The Bertz CT molecular complexity index is 1180. The van der Waals surface area contributed by atoms with Crippen LogP contribution in [0.4, 0.5) is 5.69 Å². The number of hydrazone groups is 1. The minimum absolute atomic E-state index is 0.0172. The number of fused-ring (bicyclic) bond motifs is 1. The van der Waals surface area contributed by atoms with Gasteiger partial charge in [-0.2, -0.15) is 13.5 Å². The molecule has 0 spiro atoms. The lowest BCUT2D eigenvalue weighted by atomic mass is 9.94. The Morgan fingerprint density at radius 3 is 2.44 bits per heavy atom. The summed E-state index contributed by atoms with van der Waals surface area (Å²) in [6.07, 6.45) is 0.429. The van der Waals surface area contributed by atoms with E-state index in [1.54, 1.807) is 19.1 Å². The molecule has 170 valence electrons. The van der Waals surface area contributed by atoms with Crippen molar-refractivity contribution in [3.8, 4) is 11.5 Å². The van der Waals surface area contributed by atoms with Crippen molar-refractivity contribution in [2.75, 3.05) is 13.0 Å². The van der Waals surface area contributed by atoms with E-state index in [-0.39, 0.29) is 18.9 Å². The summed E-state index contributed by atoms with van der Waals surface area (Å²) in [5.74, 6) is 0.497. The van der Waals surface area contributed by atoms with Gasteiger partial charge in [-0.05, 0) is 36.8 Å². The van der Waals surface area contributed by atoms with Crippen LogP contribution in [0.15, 0.2) is 41.5 Å². The third-order valence-corrected chi connectivity index (χ3v) is 5.05. The summed E-state index contributed by atoms with van der Waals surface area (Å²) in [6.45, 7) is 2.91. The topological polar surface area (TPSA) is 146 Å². The van der Waals surface area contributed by atoms with Gasteiger partial charge < -0.3 is 9.47 Å². The second kappa shape index (κ2) is 9.32. The summed E-state index contributed by atoms with van der Waals surface area (Å²) in [6, 6.07) is 9.00. The minimum Gasteiger partial charge on any atom is -0.454 e. The van der Waals surface area contributed by atoms with Crippen molar-refractivity contribution in [3.05, 3.63) is 63.2 Å². The maximum Gasteiger partial charge on any atom is 0.269 e. The smallest absolute Gasteiger partial charge is 0.269 e. The van der Waals surface area contributed by atoms with Crippen LogP contribution >= 0.6 is 0 Å². The molecule has 0 fully saturated rings. The van der Waals surface area contributed by atoms with Crippen molar-refractivity contribution in [3.63, 3.8) is 0 Å². The standard InChI is InChI=1S/C20H21N3O8S/c1-12(31-32(3,27)28)8-15-9-18-19(30-11-29-18)10-17(15)20(22-21-13(2)24)14-4-6-16(7-5-14)23(25)26/h4-7,9-10,12H,8,11H2,1-3H3,(H,21,24)/t12-/m0/s1. The SMILES string of the molecule is CC(=O)NN=C(c1ccc([N+](=O)[O-])cc1)c1cc2c(cc1C[C@H](C)OS(C)(=O)=O)OCO2. The van der Waals surface area contributed by atoms with Crippen molar-refractivity contribution in [1.82, 2.24) is 5.43 Å². The average Bonchev–Trinajstić information content (AvgIpc) is 3.14. The maximum atomic E-state index is 11.5. The molecule has 0 unspecified atom stereocenters. The number of ether oxygens (including phenoxy) is 2. The van der Waals surface area contributed by atoms with Crippen molar-refractivity contribution in [1.29, 1.82) is 0 Å². The highest BCUT2D eigenvalue weighted by molar-refractivity contribution is 7.86. The number of hydrogen-bond acceptors (Lipinski definition) is 9. The molecule has 32 heavy (non-hydrogen) atoms. The van der Waals surface area contributed by atoms with Gasteiger partial charge in [-0.1, -0.05) is 0 Å². The molecule has 1 atom stereocenters. The molecule has 11 nitrogen and oxygen atoms in total. The van der Waals surface area contributed by atoms with Gasteiger partial charge in [-0.15, -0.1) is 0 Å². The molecule has 2 aromatic rings. The molecule has 1 N–H and O–H groups in total. The maximum absolute atomic E-state index is 11.5. The van der Waals surface area contributed by atoms with Gasteiger partial charge >= 0.3 is 0 Å². The predicted molar refractivity (Wildman–Crippen MR) is 114 cm³/mol. The van der Waals surface area contributed by atoms with E-state index in [1.165, 1.54) is 31.2 Å². The van der Waals surface area contributed by atoms with Crippen LogP contribution in [0.1, 0.15) is 30.5 Å². The average molecular weight is 463 g/mol. The number of nitro groups is 1. The Kier molecular flexibility index (Phi) is 6.75. The zero-order chi connectivity index (χ0) is 23.5. The Balaban J connectivity index is 2.11. The number of nitrogens with zero attached hydrogens (tertiary/aromatic N) is 2. The van der Waals surface area contributed by atoms with Crippen LogP contribution in [0.5, 0.6) is 11.5 Å². The fourth-order valence-electron chi connectivity index (χ4n) is 3.17. The van der Waals surface area contributed by atoms with Crippen LogP contribution in [-0.4, -0.2) is 44.1 Å². The molecule has 12 heteroatoms. The van der Waals surface area contributed by atoms with Crippen LogP contribution in [0.3, 0.4) is 0 Å². The van der Waals surface area contributed by atoms with E-state index in [2.05, 4.69) is 10.5 Å². The summed E-state index contributed by atoms with van der Waals surface area (Å²) in [5, 5.41) is 15.2. The Hall–Kier alpha value is -3.51. The largest absolute Gasteiger partial charge is 0.454 e. The van der Waals surface area contributed by atoms with E-state index in [1.807, 2.05) is 0 Å². The molecule has 0 saturated heterocycles. The summed E-state index contributed by atoms with van der Waals surface area (Å²) in [5.41, 5.74) is 4.20. The molecule has 0 saturated carbocycles. The van der Waals surface area contributed by atoms with Gasteiger partial charge in [0.05, 0.1) is 23.0 Å². The molecule has 0 aliphatic carbocycles. The van der Waals surface area contributed by atoms with Gasteiger partial charge in [0.2, 0.25) is 12.7 Å². The Labute approximate surface area is 184 Å². The number of carbonyl (C=O) groups is 1. The number of hydrogen-bond donors (Lipinski definition) is 1. The van der Waals surface area contributed by atoms with Gasteiger partial charge in [-0.3, -0.25) is 19.1 Å². The monoisotopic (exact) mass is 463 g/mol. The molecule has 0 bridgehead atoms. The fourth-order valence-corrected chi connectivity index (χ4v) is 3.84. The molecule has 1 heterocycles. The highest BCUT2D eigenvalue weighted by Gasteiger charge is 2.23. The first kappa shape index (κ1) is 23.2. The van der Waals surface area contributed by atoms with Crippen molar-refractivity contribution < 1.29 is 31.8 Å². The number of rotatable bonds is 8. The number of nitro benzene ring substituents is 1. The number of nitrogens with one attached hydrogen (secondary N) is 1. The highest BCUT2D eigenvalue weighted by Crippen LogP contribution is 2.36. The Morgan fingerprint density at radius 2 is 1.88 bits per heavy atom. The zero-order valence-electron chi connectivity index (χ0n) is 17.5. The first-order chi connectivity index (χ1) is 15.0. The van der Waals surface area contributed by atoms with E-state index in [9.17, 15) is 23.3 Å². The fraction of sp³-hybridized carbons (Fsp3) is 0.300. The van der Waals surface area contributed by atoms with Crippen LogP contribution in [0.25, 0.3) is 0 Å². The van der Waals surface area contributed by atoms with Crippen molar-refractivity contribution in [2.45, 2.75) is 26.4 Å². The first-order valence-corrected chi connectivity index (χ1v) is 11.3. The lowest BCUT2D eigenvalue weighted by molar-refractivity contribution is -0.384. The number of amides is 1. The van der Waals surface area contributed by atoms with E-state index < -0.39 is 27.1 Å². The van der Waals surface area contributed by atoms with Gasteiger partial charge in [0, 0.05) is 36.6 Å². The van der Waals surface area contributed by atoms with E-state index in [4.69, 9.17) is 13.7 Å². The molecule has 1 aliphatic rings. The third-order valence-electron chi connectivity index (χ3n) is 4.38. The summed E-state index contributed by atoms with van der Waals surface area (Å²) < 4.78 is 39.0. The highest BCUT2D eigenvalue weighted by atomic mass is 32.2. The molecule has 3 rings (SSSR count). The quantitative estimate of drug-likeness (QED) is 0.271. The normalized spacial score (nSPS) is 14.2. The molecule has 0 aromatic heterocycles. The predicted octanol–water partition coefficient (Wildman–Crippen LogP) is 2.12. The lowest BCUT2D eigenvalue weighted by Crippen LogP contribution is -2.21. The number of carbonyl (C=O) groups excluding carboxylic acids is 1. The molecule has 0 radical (unpaired) electrons. The van der Waals surface area contributed by atoms with Gasteiger partial charge in [0.25, 0.3) is 15.8 Å². The van der Waals surface area contributed by atoms with Crippen LogP contribution in [-0.2, 0) is 25.5 Å². The molecule has 1 amide bonds. The van der Waals surface area contributed by atoms with Crippen LogP contribution in [0.2, 0.25) is 0 Å². The lowest BCUT2D eigenvalue weighted by Gasteiger charge is -2.17. The van der Waals surface area contributed by atoms with Gasteiger partial charge in [-0.25, -0.2) is 5.43 Å². The van der Waals surface area contributed by atoms with E-state index >= 15 is 0 Å². The van der Waals surface area contributed by atoms with Crippen LogP contribution in [0, 0.1) is 10.1 Å². The van der Waals surface area contributed by atoms with E-state index in [0.29, 0.717) is 33.9 Å². The van der Waals surface area contributed by atoms with Crippen molar-refractivity contribution in [2.24, 2.45) is 5.10 Å². The summed E-state index contributed by atoms with van der Waals surface area (Å²) in [7, 11) is -3.68. The van der Waals surface area contributed by atoms with Crippen LogP contribution < -0.4 is 14.9 Å². The molecule has 2 aromatic carbocycles. The van der Waals surface area contributed by atoms with Gasteiger partial charge in [0.1, 0.15) is 0 Å². The molecular weight excluding hydrogens is 442 g/mol. The molecule has 1 aliphatic heterocycles. The van der Waals surface area contributed by atoms with E-state index in [0.717, 1.165) is 6.26 Å². The Morgan fingerprint density at radius 1 is 1.25 bits per heavy atom. The third kappa shape index (κ3) is 5.80.